The summed E-state index contributed by atoms with van der Waals surface area (Å²) in [7, 11) is 0. The van der Waals surface area contributed by atoms with Crippen molar-refractivity contribution in [3.8, 4) is 0 Å². The number of thiophene rings is 1. The van der Waals surface area contributed by atoms with E-state index in [-0.39, 0.29) is 17.0 Å². The van der Waals surface area contributed by atoms with Crippen LogP contribution in [0.3, 0.4) is 0 Å². The van der Waals surface area contributed by atoms with Crippen LogP contribution in [0, 0.1) is 31.6 Å². The summed E-state index contributed by atoms with van der Waals surface area (Å²) < 4.78 is 0. The fraction of sp³-hybridized carbons (Fsp3) is 0.632. The highest BCUT2D eigenvalue weighted by Gasteiger charge is 2.51. The van der Waals surface area contributed by atoms with Gasteiger partial charge in [-0.3, -0.25) is 9.59 Å². The second-order valence-electron chi connectivity index (χ2n) is 8.54. The molecule has 5 nitrogen and oxygen atoms in total. The lowest BCUT2D eigenvalue weighted by atomic mass is 9.53. The first-order valence-electron chi connectivity index (χ1n) is 9.25. The van der Waals surface area contributed by atoms with Crippen LogP contribution in [0.5, 0.6) is 0 Å². The average Bonchev–Trinajstić information content (AvgIpc) is 2.82. The number of carbonyl (C=O) groups excluding carboxylic acids is 1. The fourth-order valence-corrected chi connectivity index (χ4v) is 7.15. The van der Waals surface area contributed by atoms with Gasteiger partial charge in [0.05, 0.1) is 10.3 Å². The Labute approximate surface area is 150 Å². The van der Waals surface area contributed by atoms with E-state index >= 15 is 0 Å². The molecule has 0 unspecified atom stereocenters. The molecule has 0 radical (unpaired) electrons. The lowest BCUT2D eigenvalue weighted by Gasteiger charge is -2.56. The van der Waals surface area contributed by atoms with E-state index in [1.807, 2.05) is 6.92 Å². The Morgan fingerprint density at radius 2 is 1.76 bits per heavy atom. The number of aromatic nitrogens is 2. The second kappa shape index (κ2) is 5.16. The summed E-state index contributed by atoms with van der Waals surface area (Å²) >= 11 is 1.35. The summed E-state index contributed by atoms with van der Waals surface area (Å²) in [5.41, 5.74) is 0.602. The van der Waals surface area contributed by atoms with Gasteiger partial charge in [0.2, 0.25) is 0 Å². The molecule has 6 rings (SSSR count). The van der Waals surface area contributed by atoms with E-state index in [9.17, 15) is 9.59 Å². The molecule has 4 bridgehead atoms. The van der Waals surface area contributed by atoms with E-state index in [0.717, 1.165) is 42.6 Å². The van der Waals surface area contributed by atoms with Crippen molar-refractivity contribution in [2.75, 3.05) is 0 Å². The van der Waals surface area contributed by atoms with Gasteiger partial charge in [0, 0.05) is 5.54 Å². The van der Waals surface area contributed by atoms with Crippen molar-refractivity contribution < 1.29 is 4.79 Å². The normalized spacial score (nSPS) is 33.1. The van der Waals surface area contributed by atoms with Gasteiger partial charge in [-0.15, -0.1) is 11.3 Å². The number of nitrogens with zero attached hydrogens (tertiary/aromatic N) is 1. The molecule has 0 aromatic carbocycles. The van der Waals surface area contributed by atoms with Gasteiger partial charge in [-0.2, -0.15) is 0 Å². The van der Waals surface area contributed by atoms with E-state index in [4.69, 9.17) is 0 Å². The standard InChI is InChI=1S/C19H23N3O2S/c1-9-14-16(23)20-10(2)21-18(14)25-15(9)17(24)22-19-6-11-3-12(7-19)5-13(4-11)8-19/h11-13H,3-8H2,1-2H3,(H,22,24)(H,20,21,23). The van der Waals surface area contributed by atoms with Crippen molar-refractivity contribution in [3.63, 3.8) is 0 Å². The summed E-state index contributed by atoms with van der Waals surface area (Å²) in [5.74, 6) is 2.96. The number of H-pyrrole nitrogens is 1. The molecule has 2 aromatic heterocycles. The van der Waals surface area contributed by atoms with Crippen LogP contribution in [0.25, 0.3) is 10.2 Å². The highest BCUT2D eigenvalue weighted by molar-refractivity contribution is 7.20. The zero-order valence-corrected chi connectivity index (χ0v) is 15.5. The minimum atomic E-state index is -0.148. The maximum absolute atomic E-state index is 13.1. The number of aromatic amines is 1. The maximum Gasteiger partial charge on any atom is 0.262 e. The van der Waals surface area contributed by atoms with Gasteiger partial charge in [0.15, 0.2) is 0 Å². The van der Waals surface area contributed by atoms with Gasteiger partial charge >= 0.3 is 0 Å². The van der Waals surface area contributed by atoms with Crippen molar-refractivity contribution >= 4 is 27.5 Å². The molecular weight excluding hydrogens is 334 g/mol. The first-order valence-corrected chi connectivity index (χ1v) is 10.1. The Hall–Kier alpha value is -1.69. The molecular formula is C19H23N3O2S. The van der Waals surface area contributed by atoms with Gasteiger partial charge in [0.25, 0.3) is 11.5 Å². The fourth-order valence-electron chi connectivity index (χ4n) is 6.03. The van der Waals surface area contributed by atoms with Gasteiger partial charge in [-0.25, -0.2) is 4.98 Å². The summed E-state index contributed by atoms with van der Waals surface area (Å²) in [6.45, 7) is 3.63. The minimum absolute atomic E-state index is 0.00971. The molecule has 6 heteroatoms. The lowest BCUT2D eigenvalue weighted by molar-refractivity contribution is -0.0166. The molecule has 4 aliphatic rings. The molecule has 0 aliphatic heterocycles. The predicted molar refractivity (Wildman–Crippen MR) is 98.1 cm³/mol. The van der Waals surface area contributed by atoms with Crippen molar-refractivity contribution in [3.05, 3.63) is 26.6 Å². The molecule has 2 heterocycles. The Balaban J connectivity index is 1.49. The molecule has 0 atom stereocenters. The number of hydrogen-bond acceptors (Lipinski definition) is 4. The highest BCUT2D eigenvalue weighted by Crippen LogP contribution is 2.55. The van der Waals surface area contributed by atoms with Crippen LogP contribution >= 0.6 is 11.3 Å². The van der Waals surface area contributed by atoms with Crippen molar-refractivity contribution in [2.24, 2.45) is 17.8 Å². The van der Waals surface area contributed by atoms with E-state index in [0.29, 0.717) is 20.9 Å². The molecule has 4 saturated carbocycles. The van der Waals surface area contributed by atoms with Gasteiger partial charge < -0.3 is 10.3 Å². The van der Waals surface area contributed by atoms with Gasteiger partial charge in [0.1, 0.15) is 10.7 Å². The van der Waals surface area contributed by atoms with Crippen molar-refractivity contribution in [1.29, 1.82) is 0 Å². The maximum atomic E-state index is 13.1. The largest absolute Gasteiger partial charge is 0.346 e. The first kappa shape index (κ1) is 15.6. The summed E-state index contributed by atoms with van der Waals surface area (Å²) in [4.78, 5) is 33.8. The topological polar surface area (TPSA) is 74.8 Å². The van der Waals surface area contributed by atoms with Crippen molar-refractivity contribution in [2.45, 2.75) is 57.9 Å². The Bertz CT molecular complexity index is 907. The lowest BCUT2D eigenvalue weighted by Crippen LogP contribution is -2.59. The smallest absolute Gasteiger partial charge is 0.262 e. The second-order valence-corrected chi connectivity index (χ2v) is 9.54. The highest BCUT2D eigenvalue weighted by atomic mass is 32.1. The molecule has 132 valence electrons. The third-order valence-corrected chi connectivity index (χ3v) is 7.73. The number of nitrogens with one attached hydrogen (secondary N) is 2. The van der Waals surface area contributed by atoms with E-state index in [2.05, 4.69) is 15.3 Å². The van der Waals surface area contributed by atoms with Gasteiger partial charge in [-0.05, 0) is 75.7 Å². The Morgan fingerprint density at radius 1 is 1.16 bits per heavy atom. The number of rotatable bonds is 2. The molecule has 4 aliphatic carbocycles. The van der Waals surface area contributed by atoms with Crippen LogP contribution in [-0.2, 0) is 0 Å². The number of carbonyl (C=O) groups is 1. The molecule has 25 heavy (non-hydrogen) atoms. The number of hydrogen-bond donors (Lipinski definition) is 2. The molecule has 0 saturated heterocycles. The summed E-state index contributed by atoms with van der Waals surface area (Å²) in [6, 6.07) is 0. The van der Waals surface area contributed by atoms with Gasteiger partial charge in [-0.1, -0.05) is 0 Å². The van der Waals surface area contributed by atoms with Crippen molar-refractivity contribution in [1.82, 2.24) is 15.3 Å². The quantitative estimate of drug-likeness (QED) is 0.866. The molecule has 4 fully saturated rings. The Kier molecular flexibility index (Phi) is 3.21. The van der Waals surface area contributed by atoms with Crippen LogP contribution in [0.4, 0.5) is 0 Å². The van der Waals surface area contributed by atoms with E-state index < -0.39 is 0 Å². The Morgan fingerprint density at radius 3 is 2.36 bits per heavy atom. The number of fused-ring (bicyclic) bond motifs is 1. The first-order chi connectivity index (χ1) is 11.9. The zero-order valence-electron chi connectivity index (χ0n) is 14.6. The van der Waals surface area contributed by atoms with Crippen LogP contribution in [0.1, 0.15) is 59.6 Å². The average molecular weight is 357 g/mol. The molecule has 2 aromatic rings. The van der Waals surface area contributed by atoms with Crippen LogP contribution in [-0.4, -0.2) is 21.4 Å². The number of amides is 1. The minimum Gasteiger partial charge on any atom is -0.346 e. The third-order valence-electron chi connectivity index (χ3n) is 6.54. The summed E-state index contributed by atoms with van der Waals surface area (Å²) in [6.07, 6.45) is 7.46. The summed E-state index contributed by atoms with van der Waals surface area (Å²) in [5, 5.41) is 3.97. The zero-order chi connectivity index (χ0) is 17.3. The molecule has 2 N–H and O–H groups in total. The van der Waals surface area contributed by atoms with Crippen LogP contribution in [0.15, 0.2) is 4.79 Å². The predicted octanol–water partition coefficient (Wildman–Crippen LogP) is 3.30. The number of aryl methyl sites for hydroxylation is 2. The van der Waals surface area contributed by atoms with E-state index in [1.165, 1.54) is 30.6 Å². The molecule has 0 spiro atoms. The third kappa shape index (κ3) is 2.37. The SMILES string of the molecule is Cc1nc2sc(C(=O)NC34CC5CC(CC(C5)C3)C4)c(C)c2c(=O)[nH]1. The van der Waals surface area contributed by atoms with Crippen LogP contribution in [0.2, 0.25) is 0 Å². The molecule has 1 amide bonds. The van der Waals surface area contributed by atoms with Crippen LogP contribution < -0.4 is 10.9 Å². The monoisotopic (exact) mass is 357 g/mol. The van der Waals surface area contributed by atoms with E-state index in [1.54, 1.807) is 6.92 Å².